The third-order valence-electron chi connectivity index (χ3n) is 3.98. The molecule has 1 heterocycles. The summed E-state index contributed by atoms with van der Waals surface area (Å²) in [4.78, 5) is 13.6. The van der Waals surface area contributed by atoms with Crippen molar-refractivity contribution in [3.63, 3.8) is 0 Å². The number of ether oxygens (including phenoxy) is 2. The van der Waals surface area contributed by atoms with Gasteiger partial charge in [0.05, 0.1) is 26.9 Å². The van der Waals surface area contributed by atoms with E-state index in [1.165, 1.54) is 4.90 Å². The van der Waals surface area contributed by atoms with Crippen LogP contribution < -0.4 is 15.0 Å². The van der Waals surface area contributed by atoms with Gasteiger partial charge in [-0.25, -0.2) is 0 Å². The van der Waals surface area contributed by atoms with E-state index in [1.807, 2.05) is 18.2 Å². The Bertz CT molecular complexity index is 599. The zero-order chi connectivity index (χ0) is 17.2. The zero-order valence-corrected chi connectivity index (χ0v) is 14.0. The molecule has 1 aliphatic rings. The standard InChI is InChI=1S/C18H23N3O3/c1-23-17-5-3-15(4-6-17)13-16(14-19)18(22)20-7-2-8-21-9-11-24-12-10-21/h3-6,13H,2,7-12H2,1H3,(H,20,22)/p+1/b16-13-. The lowest BCUT2D eigenvalue weighted by Crippen LogP contribution is -3.14. The first kappa shape index (κ1) is 18.0. The summed E-state index contributed by atoms with van der Waals surface area (Å²) in [5.41, 5.74) is 0.902. The minimum Gasteiger partial charge on any atom is -0.497 e. The fourth-order valence-corrected chi connectivity index (χ4v) is 2.56. The molecule has 1 aromatic carbocycles. The molecule has 6 nitrogen and oxygen atoms in total. The molecule has 0 aromatic heterocycles. The molecule has 2 N–H and O–H groups in total. The molecule has 0 radical (unpaired) electrons. The van der Waals surface area contributed by atoms with Crippen LogP contribution in [0.2, 0.25) is 0 Å². The van der Waals surface area contributed by atoms with Gasteiger partial charge in [-0.15, -0.1) is 0 Å². The van der Waals surface area contributed by atoms with Crippen molar-refractivity contribution in [2.24, 2.45) is 0 Å². The number of nitrogens with one attached hydrogen (secondary N) is 2. The van der Waals surface area contributed by atoms with Gasteiger partial charge in [-0.2, -0.15) is 5.26 Å². The quantitative estimate of drug-likeness (QED) is 0.420. The highest BCUT2D eigenvalue weighted by Gasteiger charge is 2.13. The molecule has 1 amide bonds. The average molecular weight is 330 g/mol. The maximum atomic E-state index is 12.1. The average Bonchev–Trinajstić information content (AvgIpc) is 2.64. The summed E-state index contributed by atoms with van der Waals surface area (Å²) in [7, 11) is 1.59. The van der Waals surface area contributed by atoms with E-state index in [0.29, 0.717) is 6.54 Å². The molecule has 1 aliphatic heterocycles. The summed E-state index contributed by atoms with van der Waals surface area (Å²) in [6.07, 6.45) is 2.48. The van der Waals surface area contributed by atoms with Gasteiger partial charge >= 0.3 is 0 Å². The van der Waals surface area contributed by atoms with Gasteiger partial charge in [0.1, 0.15) is 30.5 Å². The van der Waals surface area contributed by atoms with Gasteiger partial charge in [0.25, 0.3) is 5.91 Å². The van der Waals surface area contributed by atoms with Gasteiger partial charge in [0.15, 0.2) is 0 Å². The van der Waals surface area contributed by atoms with E-state index >= 15 is 0 Å². The van der Waals surface area contributed by atoms with E-state index in [1.54, 1.807) is 25.3 Å². The normalized spacial score (nSPS) is 15.6. The SMILES string of the molecule is COc1ccc(/C=C(/C#N)C(=O)NCCC[NH+]2CCOCC2)cc1. The predicted octanol–water partition coefficient (Wildman–Crippen LogP) is 0.0236. The highest BCUT2D eigenvalue weighted by molar-refractivity contribution is 6.01. The van der Waals surface area contributed by atoms with Gasteiger partial charge in [-0.1, -0.05) is 12.1 Å². The molecule has 0 aliphatic carbocycles. The number of rotatable bonds is 7. The molecular formula is C18H24N3O3+. The first-order valence-electron chi connectivity index (χ1n) is 8.18. The Kier molecular flexibility index (Phi) is 7.27. The molecule has 0 atom stereocenters. The summed E-state index contributed by atoms with van der Waals surface area (Å²) < 4.78 is 10.4. The maximum Gasteiger partial charge on any atom is 0.261 e. The van der Waals surface area contributed by atoms with Crippen LogP contribution in [0.25, 0.3) is 6.08 Å². The number of methoxy groups -OCH3 is 1. The van der Waals surface area contributed by atoms with Gasteiger partial charge < -0.3 is 19.7 Å². The van der Waals surface area contributed by atoms with Crippen LogP contribution in [0, 0.1) is 11.3 Å². The van der Waals surface area contributed by atoms with Gasteiger partial charge in [0, 0.05) is 13.0 Å². The van der Waals surface area contributed by atoms with Crippen molar-refractivity contribution in [3.8, 4) is 11.8 Å². The zero-order valence-electron chi connectivity index (χ0n) is 14.0. The Morgan fingerprint density at radius 3 is 2.71 bits per heavy atom. The molecule has 1 saturated heterocycles. The molecule has 0 unspecified atom stereocenters. The van der Waals surface area contributed by atoms with Gasteiger partial charge in [-0.3, -0.25) is 4.79 Å². The van der Waals surface area contributed by atoms with E-state index in [2.05, 4.69) is 5.32 Å². The van der Waals surface area contributed by atoms with E-state index in [4.69, 9.17) is 9.47 Å². The number of hydrogen-bond donors (Lipinski definition) is 2. The number of quaternary nitrogens is 1. The first-order chi connectivity index (χ1) is 11.7. The fraction of sp³-hybridized carbons (Fsp3) is 0.444. The third-order valence-corrected chi connectivity index (χ3v) is 3.98. The highest BCUT2D eigenvalue weighted by atomic mass is 16.5. The maximum absolute atomic E-state index is 12.1. The lowest BCUT2D eigenvalue weighted by Gasteiger charge is -2.23. The monoisotopic (exact) mass is 330 g/mol. The van der Waals surface area contributed by atoms with Crippen molar-refractivity contribution in [1.82, 2.24) is 5.32 Å². The topological polar surface area (TPSA) is 75.8 Å². The van der Waals surface area contributed by atoms with Crippen LogP contribution in [0.4, 0.5) is 0 Å². The molecule has 6 heteroatoms. The number of nitriles is 1. The van der Waals surface area contributed by atoms with Crippen LogP contribution in [0.15, 0.2) is 29.8 Å². The summed E-state index contributed by atoms with van der Waals surface area (Å²) in [5, 5.41) is 12.0. The predicted molar refractivity (Wildman–Crippen MR) is 90.6 cm³/mol. The second kappa shape index (κ2) is 9.71. The largest absolute Gasteiger partial charge is 0.497 e. The highest BCUT2D eigenvalue weighted by Crippen LogP contribution is 2.13. The Morgan fingerprint density at radius 1 is 1.38 bits per heavy atom. The number of benzene rings is 1. The number of morpholine rings is 1. The van der Waals surface area contributed by atoms with Crippen LogP contribution in [0.1, 0.15) is 12.0 Å². The number of nitrogens with zero attached hydrogens (tertiary/aromatic N) is 1. The molecule has 0 saturated carbocycles. The van der Waals surface area contributed by atoms with E-state index in [9.17, 15) is 10.1 Å². The summed E-state index contributed by atoms with van der Waals surface area (Å²) in [6, 6.07) is 9.18. The van der Waals surface area contributed by atoms with Crippen molar-refractivity contribution in [3.05, 3.63) is 35.4 Å². The first-order valence-corrected chi connectivity index (χ1v) is 8.18. The smallest absolute Gasteiger partial charge is 0.261 e. The summed E-state index contributed by atoms with van der Waals surface area (Å²) in [6.45, 7) is 5.25. The molecular weight excluding hydrogens is 306 g/mol. The lowest BCUT2D eigenvalue weighted by molar-refractivity contribution is -0.908. The molecule has 1 aromatic rings. The van der Waals surface area contributed by atoms with Crippen molar-refractivity contribution >= 4 is 12.0 Å². The minimum absolute atomic E-state index is 0.110. The second-order valence-electron chi connectivity index (χ2n) is 5.66. The Balaban J connectivity index is 1.79. The Morgan fingerprint density at radius 2 is 2.08 bits per heavy atom. The van der Waals surface area contributed by atoms with Crippen molar-refractivity contribution < 1.29 is 19.2 Å². The molecule has 2 rings (SSSR count). The minimum atomic E-state index is -0.328. The molecule has 1 fully saturated rings. The van der Waals surface area contributed by atoms with Crippen LogP contribution in [0.3, 0.4) is 0 Å². The Hall–Kier alpha value is -2.36. The van der Waals surface area contributed by atoms with Crippen LogP contribution in [0.5, 0.6) is 5.75 Å². The van der Waals surface area contributed by atoms with E-state index in [0.717, 1.165) is 50.6 Å². The number of amides is 1. The fourth-order valence-electron chi connectivity index (χ4n) is 2.56. The number of carbonyl (C=O) groups excluding carboxylic acids is 1. The van der Waals surface area contributed by atoms with Crippen molar-refractivity contribution in [1.29, 1.82) is 5.26 Å². The van der Waals surface area contributed by atoms with Crippen LogP contribution in [-0.4, -0.2) is 52.4 Å². The van der Waals surface area contributed by atoms with Crippen LogP contribution >= 0.6 is 0 Å². The Labute approximate surface area is 142 Å². The second-order valence-corrected chi connectivity index (χ2v) is 5.66. The van der Waals surface area contributed by atoms with Gasteiger partial charge in [-0.05, 0) is 23.8 Å². The molecule has 0 spiro atoms. The van der Waals surface area contributed by atoms with Gasteiger partial charge in [0.2, 0.25) is 0 Å². The summed E-state index contributed by atoms with van der Waals surface area (Å²) in [5.74, 6) is 0.408. The van der Waals surface area contributed by atoms with E-state index in [-0.39, 0.29) is 11.5 Å². The lowest BCUT2D eigenvalue weighted by atomic mass is 10.1. The van der Waals surface area contributed by atoms with Crippen molar-refractivity contribution in [2.75, 3.05) is 46.5 Å². The number of hydrogen-bond acceptors (Lipinski definition) is 4. The van der Waals surface area contributed by atoms with E-state index < -0.39 is 0 Å². The summed E-state index contributed by atoms with van der Waals surface area (Å²) >= 11 is 0. The van der Waals surface area contributed by atoms with Crippen LogP contribution in [-0.2, 0) is 9.53 Å². The molecule has 24 heavy (non-hydrogen) atoms. The molecule has 128 valence electrons. The number of carbonyl (C=O) groups is 1. The third kappa shape index (κ3) is 5.69. The molecule has 0 bridgehead atoms. The van der Waals surface area contributed by atoms with Crippen molar-refractivity contribution in [2.45, 2.75) is 6.42 Å².